The zero-order valence-corrected chi connectivity index (χ0v) is 14.4. The highest BCUT2D eigenvalue weighted by atomic mass is 35.5. The molecule has 1 amide bonds. The molecule has 0 unspecified atom stereocenters. The Morgan fingerprint density at radius 2 is 2.00 bits per heavy atom. The van der Waals surface area contributed by atoms with Gasteiger partial charge in [-0.1, -0.05) is 29.8 Å². The van der Waals surface area contributed by atoms with Gasteiger partial charge in [-0.3, -0.25) is 4.79 Å². The zero-order valence-electron chi connectivity index (χ0n) is 13.7. The quantitative estimate of drug-likeness (QED) is 0.902. The Balaban J connectivity index is 1.59. The van der Waals surface area contributed by atoms with E-state index in [1.807, 2.05) is 48.5 Å². The lowest BCUT2D eigenvalue weighted by Gasteiger charge is -2.18. The van der Waals surface area contributed by atoms with E-state index in [0.29, 0.717) is 23.2 Å². The maximum absolute atomic E-state index is 12.3. The number of methoxy groups -OCH3 is 1. The monoisotopic (exact) mass is 344 g/mol. The second-order valence-electron chi connectivity index (χ2n) is 5.91. The van der Waals surface area contributed by atoms with E-state index in [-0.39, 0.29) is 5.91 Å². The molecule has 126 valence electrons. The number of carbonyl (C=O) groups excluding carboxylic acids is 1. The van der Waals surface area contributed by atoms with Gasteiger partial charge < -0.3 is 15.0 Å². The molecule has 0 bridgehead atoms. The third-order valence-corrected chi connectivity index (χ3v) is 4.74. The van der Waals surface area contributed by atoms with Crippen LogP contribution in [0.3, 0.4) is 0 Å². The molecule has 1 atom stereocenters. The van der Waals surface area contributed by atoms with Gasteiger partial charge in [0.05, 0.1) is 6.10 Å². The van der Waals surface area contributed by atoms with Crippen LogP contribution in [0.5, 0.6) is 0 Å². The molecule has 1 saturated heterocycles. The highest BCUT2D eigenvalue weighted by Crippen LogP contribution is 2.22. The smallest absolute Gasteiger partial charge is 0.251 e. The first-order valence-corrected chi connectivity index (χ1v) is 8.44. The van der Waals surface area contributed by atoms with Crippen molar-refractivity contribution in [3.05, 3.63) is 64.7 Å². The molecular formula is C19H21ClN2O2. The minimum Gasteiger partial charge on any atom is -0.380 e. The Morgan fingerprint density at radius 3 is 2.67 bits per heavy atom. The summed E-state index contributed by atoms with van der Waals surface area (Å²) in [4.78, 5) is 14.5. The first kappa shape index (κ1) is 16.8. The van der Waals surface area contributed by atoms with Crippen LogP contribution in [-0.4, -0.2) is 32.2 Å². The highest BCUT2D eigenvalue weighted by Gasteiger charge is 2.22. The number of nitrogens with zero attached hydrogens (tertiary/aromatic N) is 1. The fourth-order valence-corrected chi connectivity index (χ4v) is 3.10. The van der Waals surface area contributed by atoms with Gasteiger partial charge in [-0.2, -0.15) is 0 Å². The van der Waals surface area contributed by atoms with Crippen molar-refractivity contribution in [2.75, 3.05) is 25.1 Å². The Bertz CT molecular complexity index is 703. The Hall–Kier alpha value is -2.04. The molecule has 2 aromatic rings. The standard InChI is InChI=1S/C19H21ClN2O2/c1-24-17-10-11-22(13-17)16-8-6-14(7-9-16)19(23)21-12-15-4-2-3-5-18(15)20/h2-9,17H,10-13H2,1H3,(H,21,23)/t17-/m1/s1. The molecule has 0 aromatic heterocycles. The molecule has 1 heterocycles. The number of halogens is 1. The Kier molecular flexibility index (Phi) is 5.38. The maximum Gasteiger partial charge on any atom is 0.251 e. The van der Waals surface area contributed by atoms with Crippen LogP contribution in [-0.2, 0) is 11.3 Å². The van der Waals surface area contributed by atoms with Crippen LogP contribution in [0.4, 0.5) is 5.69 Å². The van der Waals surface area contributed by atoms with E-state index >= 15 is 0 Å². The van der Waals surface area contributed by atoms with Gasteiger partial charge in [0, 0.05) is 43.0 Å². The number of amides is 1. The van der Waals surface area contributed by atoms with Gasteiger partial charge in [-0.15, -0.1) is 0 Å². The fourth-order valence-electron chi connectivity index (χ4n) is 2.90. The van der Waals surface area contributed by atoms with Gasteiger partial charge in [0.1, 0.15) is 0 Å². The summed E-state index contributed by atoms with van der Waals surface area (Å²) < 4.78 is 5.39. The SMILES string of the molecule is CO[C@@H]1CCN(c2ccc(C(=O)NCc3ccccc3Cl)cc2)C1. The number of ether oxygens (including phenoxy) is 1. The molecule has 0 saturated carbocycles. The van der Waals surface area contributed by atoms with Crippen LogP contribution < -0.4 is 10.2 Å². The molecule has 3 rings (SSSR count). The zero-order chi connectivity index (χ0) is 16.9. The van der Waals surface area contributed by atoms with Crippen LogP contribution in [0, 0.1) is 0 Å². The largest absolute Gasteiger partial charge is 0.380 e. The molecule has 2 aromatic carbocycles. The van der Waals surface area contributed by atoms with Crippen molar-refractivity contribution in [3.8, 4) is 0 Å². The molecule has 0 aliphatic carbocycles. The molecule has 1 N–H and O–H groups in total. The summed E-state index contributed by atoms with van der Waals surface area (Å²) >= 11 is 6.10. The number of benzene rings is 2. The number of rotatable bonds is 5. The van der Waals surface area contributed by atoms with Crippen molar-refractivity contribution in [2.24, 2.45) is 0 Å². The van der Waals surface area contributed by atoms with Gasteiger partial charge in [-0.05, 0) is 42.3 Å². The van der Waals surface area contributed by atoms with E-state index in [4.69, 9.17) is 16.3 Å². The van der Waals surface area contributed by atoms with E-state index < -0.39 is 0 Å². The van der Waals surface area contributed by atoms with E-state index in [0.717, 1.165) is 30.8 Å². The number of carbonyl (C=O) groups is 1. The molecule has 0 spiro atoms. The number of nitrogens with one attached hydrogen (secondary N) is 1. The highest BCUT2D eigenvalue weighted by molar-refractivity contribution is 6.31. The minimum atomic E-state index is -0.0994. The molecule has 0 radical (unpaired) electrons. The lowest BCUT2D eigenvalue weighted by molar-refractivity contribution is 0.0951. The Labute approximate surface area is 147 Å². The minimum absolute atomic E-state index is 0.0994. The van der Waals surface area contributed by atoms with Crippen LogP contribution in [0.15, 0.2) is 48.5 Å². The Morgan fingerprint density at radius 1 is 1.25 bits per heavy atom. The van der Waals surface area contributed by atoms with E-state index in [1.165, 1.54) is 0 Å². The van der Waals surface area contributed by atoms with E-state index in [2.05, 4.69) is 10.2 Å². The van der Waals surface area contributed by atoms with Gasteiger partial charge in [-0.25, -0.2) is 0 Å². The second-order valence-corrected chi connectivity index (χ2v) is 6.32. The molecule has 1 fully saturated rings. The van der Waals surface area contributed by atoms with Crippen LogP contribution in [0.1, 0.15) is 22.3 Å². The predicted molar refractivity (Wildman–Crippen MR) is 96.7 cm³/mol. The average Bonchev–Trinajstić information content (AvgIpc) is 3.10. The summed E-state index contributed by atoms with van der Waals surface area (Å²) in [5.41, 5.74) is 2.68. The molecule has 4 nitrogen and oxygen atoms in total. The van der Waals surface area contributed by atoms with Crippen molar-refractivity contribution < 1.29 is 9.53 Å². The molecule has 1 aliphatic heterocycles. The topological polar surface area (TPSA) is 41.6 Å². The molecule has 24 heavy (non-hydrogen) atoms. The van der Waals surface area contributed by atoms with Crippen molar-refractivity contribution >= 4 is 23.2 Å². The third-order valence-electron chi connectivity index (χ3n) is 4.37. The second kappa shape index (κ2) is 7.69. The first-order chi connectivity index (χ1) is 11.7. The predicted octanol–water partition coefficient (Wildman–Crippen LogP) is 3.50. The molecule has 5 heteroatoms. The van der Waals surface area contributed by atoms with Crippen molar-refractivity contribution in [3.63, 3.8) is 0 Å². The fraction of sp³-hybridized carbons (Fsp3) is 0.316. The van der Waals surface area contributed by atoms with Crippen LogP contribution in [0.2, 0.25) is 5.02 Å². The van der Waals surface area contributed by atoms with Crippen LogP contribution >= 0.6 is 11.6 Å². The van der Waals surface area contributed by atoms with Crippen LogP contribution in [0.25, 0.3) is 0 Å². The lowest BCUT2D eigenvalue weighted by Crippen LogP contribution is -2.24. The summed E-state index contributed by atoms with van der Waals surface area (Å²) in [5.74, 6) is -0.0994. The summed E-state index contributed by atoms with van der Waals surface area (Å²) in [6.45, 7) is 2.30. The van der Waals surface area contributed by atoms with Gasteiger partial charge in [0.2, 0.25) is 0 Å². The number of anilines is 1. The average molecular weight is 345 g/mol. The molecule has 1 aliphatic rings. The summed E-state index contributed by atoms with van der Waals surface area (Å²) in [5, 5.41) is 3.57. The molecular weight excluding hydrogens is 324 g/mol. The first-order valence-electron chi connectivity index (χ1n) is 8.07. The van der Waals surface area contributed by atoms with E-state index in [9.17, 15) is 4.79 Å². The van der Waals surface area contributed by atoms with Crippen molar-refractivity contribution in [1.82, 2.24) is 5.32 Å². The van der Waals surface area contributed by atoms with Crippen molar-refractivity contribution in [1.29, 1.82) is 0 Å². The maximum atomic E-state index is 12.3. The van der Waals surface area contributed by atoms with Gasteiger partial charge in [0.15, 0.2) is 0 Å². The summed E-state index contributed by atoms with van der Waals surface area (Å²) in [6.07, 6.45) is 1.33. The number of hydrogen-bond acceptors (Lipinski definition) is 3. The summed E-state index contributed by atoms with van der Waals surface area (Å²) in [6, 6.07) is 15.2. The van der Waals surface area contributed by atoms with Gasteiger partial charge >= 0.3 is 0 Å². The lowest BCUT2D eigenvalue weighted by atomic mass is 10.1. The number of hydrogen-bond donors (Lipinski definition) is 1. The van der Waals surface area contributed by atoms with Gasteiger partial charge in [0.25, 0.3) is 5.91 Å². The summed E-state index contributed by atoms with van der Waals surface area (Å²) in [7, 11) is 1.75. The van der Waals surface area contributed by atoms with E-state index in [1.54, 1.807) is 7.11 Å². The third kappa shape index (κ3) is 3.89. The van der Waals surface area contributed by atoms with Crippen molar-refractivity contribution in [2.45, 2.75) is 19.1 Å². The normalized spacial score (nSPS) is 17.1.